The van der Waals surface area contributed by atoms with Gasteiger partial charge in [0.25, 0.3) is 0 Å². The van der Waals surface area contributed by atoms with Gasteiger partial charge in [-0.1, -0.05) is 281 Å². The summed E-state index contributed by atoms with van der Waals surface area (Å²) in [7, 11) is 0. The van der Waals surface area contributed by atoms with Gasteiger partial charge in [0, 0.05) is 44.5 Å². The molecule has 0 unspecified atom stereocenters. The second-order valence-electron chi connectivity index (χ2n) is 26.5. The highest BCUT2D eigenvalue weighted by Gasteiger charge is 2.17. The first-order chi connectivity index (χ1) is 47.2. The predicted octanol–water partition coefficient (Wildman–Crippen LogP) is 26.7. The lowest BCUT2D eigenvalue weighted by Crippen LogP contribution is -2.04. The van der Waals surface area contributed by atoms with E-state index in [2.05, 4.69) is 191 Å². The molecule has 530 valence electrons. The molecule has 5 aromatic carbocycles. The highest BCUT2D eigenvalue weighted by Crippen LogP contribution is 2.39. The third-order valence-corrected chi connectivity index (χ3v) is 17.6. The summed E-state index contributed by atoms with van der Waals surface area (Å²) in [6.07, 6.45) is 53.5. The molecule has 0 radical (unpaired) electrons. The van der Waals surface area contributed by atoms with Crippen molar-refractivity contribution < 1.29 is 37.9 Å². The highest BCUT2D eigenvalue weighted by molar-refractivity contribution is 5.84. The SMILES string of the molecule is CCCCCCOc1ccc(C)cc1/C=C/c1cc(OCCCCCC)c(/C=C/c2cc(OCCCCCC)c(/C=C/c3cc(OCCCCCC)c(/C=C/c4cc(C)ccc4OCCCCCC)cc3OCCCCCC)cc2OCCCCCC)cc1OCCCCCC. The number of aryl methyl sites for hydroxylation is 2. The summed E-state index contributed by atoms with van der Waals surface area (Å²) in [6, 6.07) is 26.1. The second kappa shape index (κ2) is 50.8. The van der Waals surface area contributed by atoms with Crippen LogP contribution in [0.1, 0.15) is 316 Å². The molecule has 8 nitrogen and oxygen atoms in total. The molecule has 0 spiro atoms. The fourth-order valence-electron chi connectivity index (χ4n) is 11.6. The number of hydrogen-bond acceptors (Lipinski definition) is 8. The summed E-state index contributed by atoms with van der Waals surface area (Å²) >= 11 is 0. The summed E-state index contributed by atoms with van der Waals surface area (Å²) in [5.41, 5.74) is 10.2. The van der Waals surface area contributed by atoms with Crippen LogP contribution in [0.25, 0.3) is 48.6 Å². The van der Waals surface area contributed by atoms with Crippen molar-refractivity contribution in [1.29, 1.82) is 0 Å². The maximum Gasteiger partial charge on any atom is 0.127 e. The maximum atomic E-state index is 6.93. The number of ether oxygens (including phenoxy) is 8. The van der Waals surface area contributed by atoms with Crippen LogP contribution < -0.4 is 37.9 Å². The summed E-state index contributed by atoms with van der Waals surface area (Å²) < 4.78 is 54.1. The lowest BCUT2D eigenvalue weighted by Gasteiger charge is -2.17. The molecule has 0 aliphatic rings. The standard InChI is InChI=1S/C88H130O8/c1-11-19-27-35-55-89-81-53-43-71(9)63-73(81)45-47-75-65-85(93-59-39-31-23-15-5)77(67-83(75)91-57-37-29-21-13-3)49-51-79-69-88(96-62-42-34-26-18-8)80(70-87(79)95-61-41-33-25-17-7)52-50-78-68-84(92-58-38-30-22-14-4)76(66-86(78)94-60-40-32-24-16-6)48-46-74-64-72(10)44-54-82(74)90-56-36-28-20-12-2/h43-54,63-70H,11-42,55-62H2,1-10H3/b47-45+,48-46+,51-49+,52-50+. The average Bonchev–Trinajstić information content (AvgIpc) is 0.860. The van der Waals surface area contributed by atoms with Crippen molar-refractivity contribution in [2.75, 3.05) is 52.9 Å². The van der Waals surface area contributed by atoms with Gasteiger partial charge in [-0.05, 0) is 126 Å². The van der Waals surface area contributed by atoms with E-state index < -0.39 is 0 Å². The van der Waals surface area contributed by atoms with E-state index in [0.29, 0.717) is 52.9 Å². The quantitative estimate of drug-likeness (QED) is 0.0282. The number of hydrogen-bond donors (Lipinski definition) is 0. The molecule has 5 rings (SSSR count). The Morgan fingerprint density at radius 3 is 0.510 bits per heavy atom. The van der Waals surface area contributed by atoms with Gasteiger partial charge < -0.3 is 37.9 Å². The molecule has 5 aromatic rings. The van der Waals surface area contributed by atoms with Crippen LogP contribution in [0.4, 0.5) is 0 Å². The topological polar surface area (TPSA) is 73.8 Å². The molecule has 0 atom stereocenters. The van der Waals surface area contributed by atoms with Crippen LogP contribution >= 0.6 is 0 Å². The molecular formula is C88H130O8. The van der Waals surface area contributed by atoms with Gasteiger partial charge >= 0.3 is 0 Å². The lowest BCUT2D eigenvalue weighted by molar-refractivity contribution is 0.295. The molecular weight excluding hydrogens is 1180 g/mol. The van der Waals surface area contributed by atoms with Crippen molar-refractivity contribution in [2.45, 2.75) is 275 Å². The van der Waals surface area contributed by atoms with Crippen molar-refractivity contribution in [3.63, 3.8) is 0 Å². The van der Waals surface area contributed by atoms with Crippen LogP contribution in [0.5, 0.6) is 46.0 Å². The third-order valence-electron chi connectivity index (χ3n) is 17.6. The number of rotatable bonds is 56. The minimum absolute atomic E-state index is 0.607. The van der Waals surface area contributed by atoms with E-state index in [4.69, 9.17) is 37.9 Å². The molecule has 0 aliphatic heterocycles. The zero-order valence-electron chi connectivity index (χ0n) is 62.1. The first-order valence-electron chi connectivity index (χ1n) is 38.7. The van der Waals surface area contributed by atoms with E-state index in [1.807, 2.05) is 0 Å². The van der Waals surface area contributed by atoms with Crippen molar-refractivity contribution in [3.05, 3.63) is 128 Å². The first-order valence-corrected chi connectivity index (χ1v) is 38.7. The zero-order chi connectivity index (χ0) is 68.5. The molecule has 0 aliphatic carbocycles. The third kappa shape index (κ3) is 31.8. The molecule has 0 saturated heterocycles. The smallest absolute Gasteiger partial charge is 0.127 e. The first kappa shape index (κ1) is 80.1. The summed E-state index contributed by atoms with van der Waals surface area (Å²) in [5.74, 6) is 6.72. The van der Waals surface area contributed by atoms with Gasteiger partial charge in [0.15, 0.2) is 0 Å². The van der Waals surface area contributed by atoms with Crippen LogP contribution in [0, 0.1) is 13.8 Å². The molecule has 0 amide bonds. The zero-order valence-corrected chi connectivity index (χ0v) is 62.1. The summed E-state index contributed by atoms with van der Waals surface area (Å²) in [4.78, 5) is 0. The van der Waals surface area contributed by atoms with E-state index in [-0.39, 0.29) is 0 Å². The van der Waals surface area contributed by atoms with Crippen molar-refractivity contribution in [2.24, 2.45) is 0 Å². The molecule has 0 bridgehead atoms. The summed E-state index contributed by atoms with van der Waals surface area (Å²) in [5, 5.41) is 0. The Morgan fingerprint density at radius 1 is 0.188 bits per heavy atom. The van der Waals surface area contributed by atoms with E-state index in [0.717, 1.165) is 193 Å². The normalized spacial score (nSPS) is 11.7. The van der Waals surface area contributed by atoms with Gasteiger partial charge in [0.2, 0.25) is 0 Å². The predicted molar refractivity (Wildman–Crippen MR) is 414 cm³/mol. The largest absolute Gasteiger partial charge is 0.493 e. The van der Waals surface area contributed by atoms with E-state index in [1.54, 1.807) is 0 Å². The Bertz CT molecular complexity index is 2800. The second-order valence-corrected chi connectivity index (χ2v) is 26.5. The van der Waals surface area contributed by atoms with Gasteiger partial charge in [-0.25, -0.2) is 0 Å². The van der Waals surface area contributed by atoms with Crippen LogP contribution in [0.3, 0.4) is 0 Å². The van der Waals surface area contributed by atoms with E-state index in [1.165, 1.54) is 114 Å². The monoisotopic (exact) mass is 1310 g/mol. The van der Waals surface area contributed by atoms with Gasteiger partial charge in [-0.3, -0.25) is 0 Å². The molecule has 96 heavy (non-hydrogen) atoms. The van der Waals surface area contributed by atoms with Gasteiger partial charge in [-0.15, -0.1) is 0 Å². The maximum absolute atomic E-state index is 6.93. The lowest BCUT2D eigenvalue weighted by atomic mass is 10.0. The molecule has 0 heterocycles. The molecule has 0 aromatic heterocycles. The Hall–Kier alpha value is -6.54. The average molecular weight is 1320 g/mol. The van der Waals surface area contributed by atoms with Gasteiger partial charge in [0.05, 0.1) is 52.9 Å². The Morgan fingerprint density at radius 2 is 0.344 bits per heavy atom. The summed E-state index contributed by atoms with van der Waals surface area (Å²) in [6.45, 7) is 27.5. The van der Waals surface area contributed by atoms with Crippen LogP contribution in [0.2, 0.25) is 0 Å². The van der Waals surface area contributed by atoms with Crippen LogP contribution in [-0.2, 0) is 0 Å². The Kier molecular flexibility index (Phi) is 42.4. The van der Waals surface area contributed by atoms with Crippen LogP contribution in [-0.4, -0.2) is 52.9 Å². The van der Waals surface area contributed by atoms with E-state index in [9.17, 15) is 0 Å². The number of unbranched alkanes of at least 4 members (excludes halogenated alkanes) is 24. The van der Waals surface area contributed by atoms with E-state index >= 15 is 0 Å². The van der Waals surface area contributed by atoms with Gasteiger partial charge in [-0.2, -0.15) is 0 Å². The minimum Gasteiger partial charge on any atom is -0.493 e. The van der Waals surface area contributed by atoms with Crippen molar-refractivity contribution in [3.8, 4) is 46.0 Å². The molecule has 0 fully saturated rings. The van der Waals surface area contributed by atoms with Crippen molar-refractivity contribution in [1.82, 2.24) is 0 Å². The van der Waals surface area contributed by atoms with Gasteiger partial charge in [0.1, 0.15) is 46.0 Å². The fraction of sp³-hybridized carbons (Fsp3) is 0.568. The Labute approximate surface area is 585 Å². The number of benzene rings is 5. The molecule has 0 saturated carbocycles. The van der Waals surface area contributed by atoms with Crippen LogP contribution in [0.15, 0.2) is 72.8 Å². The van der Waals surface area contributed by atoms with Crippen molar-refractivity contribution >= 4 is 48.6 Å². The highest BCUT2D eigenvalue weighted by atomic mass is 16.5. The minimum atomic E-state index is 0.607. The fourth-order valence-corrected chi connectivity index (χ4v) is 11.6. The Balaban J connectivity index is 1.69. The molecule has 0 N–H and O–H groups in total. The molecule has 8 heteroatoms.